The summed E-state index contributed by atoms with van der Waals surface area (Å²) >= 11 is 0. The number of benzene rings is 2. The topological polar surface area (TPSA) is 39.8 Å². The average Bonchev–Trinajstić information content (AvgIpc) is 3.03. The van der Waals surface area contributed by atoms with Crippen LogP contribution in [0.15, 0.2) is 53.5 Å². The van der Waals surface area contributed by atoms with Crippen LogP contribution in [0.1, 0.15) is 69.4 Å². The van der Waals surface area contributed by atoms with Crippen LogP contribution in [0.4, 0.5) is 0 Å². The van der Waals surface area contributed by atoms with Gasteiger partial charge in [0.2, 0.25) is 0 Å². The smallest absolute Gasteiger partial charge is 0.258 e. The molecule has 0 aliphatic carbocycles. The zero-order valence-corrected chi connectivity index (χ0v) is 18.8. The van der Waals surface area contributed by atoms with E-state index in [4.69, 9.17) is 4.98 Å². The predicted octanol–water partition coefficient (Wildman–Crippen LogP) is 5.94. The lowest BCUT2D eigenvalue weighted by Crippen LogP contribution is -2.25. The molecule has 0 amide bonds. The molecule has 0 aliphatic rings. The zero-order chi connectivity index (χ0) is 21.6. The first-order valence-electron chi connectivity index (χ1n) is 10.9. The molecule has 4 rings (SSSR count). The number of fused-ring (bicyclic) bond motifs is 2. The van der Waals surface area contributed by atoms with Crippen molar-refractivity contribution < 1.29 is 0 Å². The molecule has 0 saturated heterocycles. The summed E-state index contributed by atoms with van der Waals surface area (Å²) in [5.41, 5.74) is 4.83. The Hall–Kier alpha value is -2.88. The minimum absolute atomic E-state index is 0.0163. The third-order valence-corrected chi connectivity index (χ3v) is 6.22. The van der Waals surface area contributed by atoms with Crippen molar-refractivity contribution in [3.05, 3.63) is 76.0 Å². The molecule has 0 fully saturated rings. The lowest BCUT2D eigenvalue weighted by molar-refractivity contribution is 0.511. The van der Waals surface area contributed by atoms with Crippen LogP contribution >= 0.6 is 0 Å². The molecule has 156 valence electrons. The zero-order valence-electron chi connectivity index (χ0n) is 18.8. The van der Waals surface area contributed by atoms with Gasteiger partial charge in [0.05, 0.1) is 11.0 Å². The van der Waals surface area contributed by atoms with Gasteiger partial charge in [-0.2, -0.15) is 0 Å². The Morgan fingerprint density at radius 3 is 2.23 bits per heavy atom. The van der Waals surface area contributed by atoms with Crippen LogP contribution in [0.2, 0.25) is 0 Å². The molecule has 4 heteroatoms. The molecule has 2 heterocycles. The van der Waals surface area contributed by atoms with Crippen molar-refractivity contribution in [3.8, 4) is 0 Å². The molecule has 0 N–H and O–H groups in total. The van der Waals surface area contributed by atoms with E-state index in [9.17, 15) is 4.79 Å². The number of para-hydroxylation sites is 1. The van der Waals surface area contributed by atoms with Crippen molar-refractivity contribution in [2.75, 3.05) is 0 Å². The monoisotopic (exact) mass is 401 g/mol. The van der Waals surface area contributed by atoms with Crippen LogP contribution in [0.25, 0.3) is 21.8 Å². The molecular formula is C26H31N3O. The highest BCUT2D eigenvalue weighted by Crippen LogP contribution is 2.27. The van der Waals surface area contributed by atoms with Crippen molar-refractivity contribution in [2.24, 2.45) is 7.05 Å². The number of hydrogen-bond acceptors (Lipinski definition) is 2. The van der Waals surface area contributed by atoms with E-state index in [1.807, 2.05) is 22.9 Å². The van der Waals surface area contributed by atoms with Gasteiger partial charge in [0.1, 0.15) is 5.82 Å². The molecular weight excluding hydrogens is 370 g/mol. The standard InChI is InChI=1S/C26H31N3O/c1-16(2)19-9-7-11-22-21(19)13-14-29(26(22)30)18(5)15-24-27-23-12-8-10-20(17(3)4)25(23)28(24)6/h7-14,16-18H,15H2,1-6H3. The van der Waals surface area contributed by atoms with Gasteiger partial charge in [-0.25, -0.2) is 4.98 Å². The fourth-order valence-corrected chi connectivity index (χ4v) is 4.53. The second kappa shape index (κ2) is 7.75. The van der Waals surface area contributed by atoms with Crippen LogP contribution in [0, 0.1) is 0 Å². The summed E-state index contributed by atoms with van der Waals surface area (Å²) in [5, 5.41) is 1.85. The Labute approximate surface area is 178 Å². The van der Waals surface area contributed by atoms with Crippen LogP contribution in [-0.2, 0) is 13.5 Å². The van der Waals surface area contributed by atoms with E-state index in [1.165, 1.54) is 16.6 Å². The maximum Gasteiger partial charge on any atom is 0.258 e. The number of nitrogens with zero attached hydrogens (tertiary/aromatic N) is 3. The SMILES string of the molecule is CC(C)c1cccc2c(=O)n(C(C)Cc3nc4cccc(C(C)C)c4n3C)ccc12. The lowest BCUT2D eigenvalue weighted by atomic mass is 9.97. The maximum atomic E-state index is 13.3. The van der Waals surface area contributed by atoms with Crippen LogP contribution in [0.5, 0.6) is 0 Å². The van der Waals surface area contributed by atoms with Crippen molar-refractivity contribution in [1.29, 1.82) is 0 Å². The fraction of sp³-hybridized carbons (Fsp3) is 0.385. The summed E-state index contributed by atoms with van der Waals surface area (Å²) < 4.78 is 4.05. The van der Waals surface area contributed by atoms with Gasteiger partial charge < -0.3 is 9.13 Å². The molecule has 4 nitrogen and oxygen atoms in total. The summed E-state index contributed by atoms with van der Waals surface area (Å²) in [7, 11) is 2.08. The third kappa shape index (κ3) is 3.34. The number of rotatable bonds is 5. The van der Waals surface area contributed by atoms with Gasteiger partial charge in [-0.15, -0.1) is 0 Å². The van der Waals surface area contributed by atoms with E-state index < -0.39 is 0 Å². The molecule has 0 saturated carbocycles. The van der Waals surface area contributed by atoms with Gasteiger partial charge in [0.15, 0.2) is 0 Å². The van der Waals surface area contributed by atoms with Crippen molar-refractivity contribution in [2.45, 2.75) is 58.9 Å². The van der Waals surface area contributed by atoms with Gasteiger partial charge in [0, 0.05) is 31.1 Å². The van der Waals surface area contributed by atoms with E-state index in [0.29, 0.717) is 18.3 Å². The average molecular weight is 402 g/mol. The third-order valence-electron chi connectivity index (χ3n) is 6.22. The lowest BCUT2D eigenvalue weighted by Gasteiger charge is -2.17. The highest BCUT2D eigenvalue weighted by atomic mass is 16.1. The van der Waals surface area contributed by atoms with Gasteiger partial charge in [-0.1, -0.05) is 52.0 Å². The molecule has 0 aliphatic heterocycles. The summed E-state index contributed by atoms with van der Waals surface area (Å²) in [4.78, 5) is 18.2. The molecule has 0 bridgehead atoms. The molecule has 4 aromatic rings. The molecule has 0 spiro atoms. The minimum Gasteiger partial charge on any atom is -0.331 e. The Morgan fingerprint density at radius 1 is 0.867 bits per heavy atom. The van der Waals surface area contributed by atoms with Gasteiger partial charge in [-0.3, -0.25) is 4.79 Å². The largest absolute Gasteiger partial charge is 0.331 e. The quantitative estimate of drug-likeness (QED) is 0.415. The van der Waals surface area contributed by atoms with E-state index in [-0.39, 0.29) is 11.6 Å². The first kappa shape index (κ1) is 20.4. The van der Waals surface area contributed by atoms with Crippen LogP contribution in [-0.4, -0.2) is 14.1 Å². The fourth-order valence-electron chi connectivity index (χ4n) is 4.53. The second-order valence-corrected chi connectivity index (χ2v) is 9.00. The van der Waals surface area contributed by atoms with E-state index >= 15 is 0 Å². The molecule has 30 heavy (non-hydrogen) atoms. The second-order valence-electron chi connectivity index (χ2n) is 9.00. The van der Waals surface area contributed by atoms with Gasteiger partial charge >= 0.3 is 0 Å². The number of imidazole rings is 1. The predicted molar refractivity (Wildman–Crippen MR) is 126 cm³/mol. The summed E-state index contributed by atoms with van der Waals surface area (Å²) in [6.45, 7) is 10.9. The van der Waals surface area contributed by atoms with Gasteiger partial charge in [-0.05, 0) is 53.5 Å². The highest BCUT2D eigenvalue weighted by molar-refractivity contribution is 5.85. The number of aryl methyl sites for hydroxylation is 1. The van der Waals surface area contributed by atoms with Crippen molar-refractivity contribution in [1.82, 2.24) is 14.1 Å². The summed E-state index contributed by atoms with van der Waals surface area (Å²) in [5.74, 6) is 1.83. The van der Waals surface area contributed by atoms with Crippen molar-refractivity contribution >= 4 is 21.8 Å². The van der Waals surface area contributed by atoms with Crippen LogP contribution < -0.4 is 5.56 Å². The van der Waals surface area contributed by atoms with Crippen molar-refractivity contribution in [3.63, 3.8) is 0 Å². The Morgan fingerprint density at radius 2 is 1.53 bits per heavy atom. The van der Waals surface area contributed by atoms with Gasteiger partial charge in [0.25, 0.3) is 5.56 Å². The minimum atomic E-state index is 0.0163. The van der Waals surface area contributed by atoms with E-state index in [0.717, 1.165) is 22.1 Å². The Kier molecular flexibility index (Phi) is 5.27. The first-order valence-corrected chi connectivity index (χ1v) is 10.9. The highest BCUT2D eigenvalue weighted by Gasteiger charge is 2.18. The molecule has 0 radical (unpaired) electrons. The normalized spacial score (nSPS) is 13.1. The van der Waals surface area contributed by atoms with Crippen LogP contribution in [0.3, 0.4) is 0 Å². The molecule has 1 unspecified atom stereocenters. The van der Waals surface area contributed by atoms with E-state index in [2.05, 4.69) is 76.6 Å². The molecule has 2 aromatic carbocycles. The number of pyridine rings is 1. The summed E-state index contributed by atoms with van der Waals surface area (Å²) in [6, 6.07) is 14.5. The number of aromatic nitrogens is 3. The number of hydrogen-bond donors (Lipinski definition) is 0. The summed E-state index contributed by atoms with van der Waals surface area (Å²) in [6.07, 6.45) is 2.65. The first-order chi connectivity index (χ1) is 14.3. The Balaban J connectivity index is 1.75. The molecule has 1 atom stereocenters. The maximum absolute atomic E-state index is 13.3. The Bertz CT molecular complexity index is 1280. The van der Waals surface area contributed by atoms with E-state index in [1.54, 1.807) is 0 Å². The molecule has 2 aromatic heterocycles.